The van der Waals surface area contributed by atoms with Gasteiger partial charge in [0, 0.05) is 21.9 Å². The molecule has 0 saturated carbocycles. The minimum Gasteiger partial charge on any atom is -0.456 e. The smallest absolute Gasteiger partial charge is 0.160 e. The van der Waals surface area contributed by atoms with Crippen LogP contribution in [0.3, 0.4) is 0 Å². The van der Waals surface area contributed by atoms with E-state index < -0.39 is 0 Å². The maximum atomic E-state index is 6.26. The molecule has 0 amide bonds. The van der Waals surface area contributed by atoms with E-state index in [0.29, 0.717) is 5.84 Å². The Labute approximate surface area is 338 Å². The molecule has 1 aliphatic rings. The fraction of sp³-hybridized carbons (Fsp3) is 0.0370. The van der Waals surface area contributed by atoms with Crippen LogP contribution < -0.4 is 5.32 Å². The fourth-order valence-corrected chi connectivity index (χ4v) is 8.08. The quantitative estimate of drug-likeness (QED) is 0.168. The lowest BCUT2D eigenvalue weighted by molar-refractivity contribution is 0.668. The molecule has 1 unspecified atom stereocenters. The molecule has 4 nitrogen and oxygen atoms in total. The normalized spacial score (nSPS) is 13.8. The third-order valence-electron chi connectivity index (χ3n) is 11.1. The third kappa shape index (κ3) is 6.51. The summed E-state index contributed by atoms with van der Waals surface area (Å²) < 4.78 is 6.26. The molecule has 0 radical (unpaired) electrons. The number of para-hydroxylation sites is 1. The van der Waals surface area contributed by atoms with Crippen molar-refractivity contribution in [2.75, 3.05) is 0 Å². The molecule has 4 heteroatoms. The molecule has 0 fully saturated rings. The number of nitrogens with zero attached hydrogens (tertiary/aromatic N) is 2. The predicted octanol–water partition coefficient (Wildman–Crippen LogP) is 13.7. The molecule has 1 atom stereocenters. The lowest BCUT2D eigenvalue weighted by atomic mass is 9.91. The largest absolute Gasteiger partial charge is 0.456 e. The summed E-state index contributed by atoms with van der Waals surface area (Å²) in [4.78, 5) is 10.4. The molecule has 1 aromatic heterocycles. The second-order valence-corrected chi connectivity index (χ2v) is 14.7. The van der Waals surface area contributed by atoms with Gasteiger partial charge in [-0.15, -0.1) is 0 Å². The van der Waals surface area contributed by atoms with Gasteiger partial charge in [-0.1, -0.05) is 183 Å². The van der Waals surface area contributed by atoms with Gasteiger partial charge in [0.25, 0.3) is 0 Å². The Kier molecular flexibility index (Phi) is 8.92. The van der Waals surface area contributed by atoms with Crippen molar-refractivity contribution in [2.24, 2.45) is 9.98 Å². The van der Waals surface area contributed by atoms with Crippen molar-refractivity contribution in [1.82, 2.24) is 5.32 Å². The number of benzene rings is 8. The fourth-order valence-electron chi connectivity index (χ4n) is 8.08. The lowest BCUT2D eigenvalue weighted by Gasteiger charge is -2.24. The van der Waals surface area contributed by atoms with Crippen molar-refractivity contribution in [1.29, 1.82) is 0 Å². The first-order chi connectivity index (χ1) is 28.6. The lowest BCUT2D eigenvalue weighted by Crippen LogP contribution is -2.33. The summed E-state index contributed by atoms with van der Waals surface area (Å²) in [6.45, 7) is 6.37. The molecule has 58 heavy (non-hydrogen) atoms. The molecule has 0 spiro atoms. The van der Waals surface area contributed by atoms with Crippen LogP contribution in [-0.4, -0.2) is 11.7 Å². The number of rotatable bonds is 8. The summed E-state index contributed by atoms with van der Waals surface area (Å²) in [5, 5.41) is 5.72. The minimum atomic E-state index is -0.333. The summed E-state index contributed by atoms with van der Waals surface area (Å²) in [5.74, 6) is 1.41. The molecule has 0 aliphatic carbocycles. The van der Waals surface area contributed by atoms with Gasteiger partial charge in [-0.2, -0.15) is 0 Å². The van der Waals surface area contributed by atoms with E-state index >= 15 is 0 Å². The zero-order chi connectivity index (χ0) is 39.0. The highest BCUT2D eigenvalue weighted by atomic mass is 16.3. The molecular weight excluding hydrogens is 707 g/mol. The first-order valence-corrected chi connectivity index (χ1v) is 19.6. The summed E-state index contributed by atoms with van der Waals surface area (Å²) in [5.41, 5.74) is 16.3. The molecule has 9 aromatic rings. The summed E-state index contributed by atoms with van der Waals surface area (Å²) in [6.07, 6.45) is 1.60. The third-order valence-corrected chi connectivity index (χ3v) is 11.1. The van der Waals surface area contributed by atoms with Gasteiger partial charge in [0.2, 0.25) is 0 Å². The van der Waals surface area contributed by atoms with Gasteiger partial charge in [0.05, 0.1) is 0 Å². The van der Waals surface area contributed by atoms with Crippen LogP contribution >= 0.6 is 0 Å². The van der Waals surface area contributed by atoms with Gasteiger partial charge in [-0.3, -0.25) is 0 Å². The van der Waals surface area contributed by atoms with Crippen LogP contribution in [0.2, 0.25) is 0 Å². The maximum Gasteiger partial charge on any atom is 0.160 e. The number of aryl methyl sites for hydroxylation is 1. The molecular formula is C54H39N3O. The predicted molar refractivity (Wildman–Crippen MR) is 242 cm³/mol. The number of fused-ring (bicyclic) bond motifs is 3. The van der Waals surface area contributed by atoms with E-state index in [4.69, 9.17) is 14.4 Å². The number of hydrogen-bond acceptors (Lipinski definition) is 4. The highest BCUT2D eigenvalue weighted by Gasteiger charge is 2.24. The molecule has 0 bridgehead atoms. The number of amidine groups is 2. The van der Waals surface area contributed by atoms with E-state index in [-0.39, 0.29) is 6.17 Å². The Morgan fingerprint density at radius 1 is 0.517 bits per heavy atom. The van der Waals surface area contributed by atoms with Crippen LogP contribution in [-0.2, 0) is 0 Å². The molecule has 8 aromatic carbocycles. The second kappa shape index (κ2) is 14.8. The Morgan fingerprint density at radius 3 is 1.79 bits per heavy atom. The van der Waals surface area contributed by atoms with E-state index in [0.717, 1.165) is 61.2 Å². The minimum absolute atomic E-state index is 0.333. The zero-order valence-electron chi connectivity index (χ0n) is 32.1. The van der Waals surface area contributed by atoms with E-state index in [2.05, 4.69) is 152 Å². The zero-order valence-corrected chi connectivity index (χ0v) is 32.1. The van der Waals surface area contributed by atoms with E-state index in [9.17, 15) is 0 Å². The van der Waals surface area contributed by atoms with Crippen molar-refractivity contribution in [3.05, 3.63) is 222 Å². The molecule has 10 rings (SSSR count). The highest BCUT2D eigenvalue weighted by molar-refractivity contribution is 6.22. The van der Waals surface area contributed by atoms with Crippen molar-refractivity contribution in [3.63, 3.8) is 0 Å². The number of furan rings is 1. The summed E-state index contributed by atoms with van der Waals surface area (Å²) in [6, 6.07) is 65.9. The number of nitrogens with one attached hydrogen (secondary N) is 1. The van der Waals surface area contributed by atoms with E-state index in [1.54, 1.807) is 0 Å². The van der Waals surface area contributed by atoms with Crippen molar-refractivity contribution >= 4 is 39.7 Å². The first kappa shape index (κ1) is 34.9. The Bertz CT molecular complexity index is 3030. The topological polar surface area (TPSA) is 49.9 Å². The van der Waals surface area contributed by atoms with Crippen LogP contribution in [0.1, 0.15) is 34.0 Å². The standard InChI is InChI=1S/C54H39N3O/c1-3-36-21-30-44(53-55-52(42-15-8-5-9-16-42)56-54(57-53)47-18-12-20-50-51(47)46-17-10-11-19-49(46)58-50)34-48(36)45-32-31-43(33-35(45)2)41-28-26-40(27-29-41)39-24-22-38(23-25-39)37-13-6-4-7-14-37/h3-34,52H,1H2,2H3,(H,55,56,57). The average molecular weight is 746 g/mol. The highest BCUT2D eigenvalue weighted by Crippen LogP contribution is 2.36. The van der Waals surface area contributed by atoms with Gasteiger partial charge >= 0.3 is 0 Å². The molecule has 1 aliphatic heterocycles. The van der Waals surface area contributed by atoms with Crippen molar-refractivity contribution in [2.45, 2.75) is 13.1 Å². The van der Waals surface area contributed by atoms with Gasteiger partial charge < -0.3 is 9.73 Å². The average Bonchev–Trinajstić information content (AvgIpc) is 3.68. The molecule has 1 N–H and O–H groups in total. The first-order valence-electron chi connectivity index (χ1n) is 19.6. The van der Waals surface area contributed by atoms with Gasteiger partial charge in [0.1, 0.15) is 23.2 Å². The summed E-state index contributed by atoms with van der Waals surface area (Å²) >= 11 is 0. The van der Waals surface area contributed by atoms with Crippen LogP contribution in [0, 0.1) is 6.92 Å². The Morgan fingerprint density at radius 2 is 1.10 bits per heavy atom. The monoisotopic (exact) mass is 745 g/mol. The van der Waals surface area contributed by atoms with Crippen LogP contribution in [0.4, 0.5) is 0 Å². The van der Waals surface area contributed by atoms with Gasteiger partial charge in [-0.25, -0.2) is 9.98 Å². The van der Waals surface area contributed by atoms with E-state index in [1.807, 2.05) is 60.7 Å². The van der Waals surface area contributed by atoms with Crippen LogP contribution in [0.5, 0.6) is 0 Å². The van der Waals surface area contributed by atoms with Crippen LogP contribution in [0.25, 0.3) is 72.5 Å². The molecule has 276 valence electrons. The van der Waals surface area contributed by atoms with Crippen LogP contribution in [0.15, 0.2) is 209 Å². The van der Waals surface area contributed by atoms with Crippen molar-refractivity contribution < 1.29 is 4.42 Å². The number of aliphatic imine (C=N–C) groups is 2. The SMILES string of the molecule is C=Cc1ccc(C2=NC(c3cccc4oc5ccccc5c34)=NC(c3ccccc3)N2)cc1-c1ccc(-c2ccc(-c3ccc(-c4ccccc4)cc3)cc2)cc1C. The molecule has 2 heterocycles. The number of hydrogen-bond donors (Lipinski definition) is 1. The maximum absolute atomic E-state index is 6.26. The molecule has 0 saturated heterocycles. The second-order valence-electron chi connectivity index (χ2n) is 14.7. The van der Waals surface area contributed by atoms with E-state index in [1.165, 1.54) is 38.9 Å². The van der Waals surface area contributed by atoms with Crippen molar-refractivity contribution in [3.8, 4) is 44.5 Å². The van der Waals surface area contributed by atoms with Gasteiger partial charge in [-0.05, 0) is 86.3 Å². The Hall–Kier alpha value is -7.56. The Balaban J connectivity index is 0.984. The van der Waals surface area contributed by atoms with Gasteiger partial charge in [0.15, 0.2) is 5.84 Å². The summed E-state index contributed by atoms with van der Waals surface area (Å²) in [7, 11) is 0.